The smallest absolute Gasteiger partial charge is 0.353 e. The molecule has 0 bridgehead atoms. The molecular formula is C15H10ClNO4S. The molecule has 3 aromatic rings. The Bertz CT molecular complexity index is 977. The van der Waals surface area contributed by atoms with E-state index in [-0.39, 0.29) is 20.9 Å². The summed E-state index contributed by atoms with van der Waals surface area (Å²) in [6.07, 6.45) is 0. The molecule has 22 heavy (non-hydrogen) atoms. The minimum absolute atomic E-state index is 0.0263. The molecule has 0 aliphatic carbocycles. The van der Waals surface area contributed by atoms with E-state index >= 15 is 0 Å². The topological polar surface area (TPSA) is 87.2 Å². The molecular weight excluding hydrogens is 326 g/mol. The molecule has 1 aromatic heterocycles. The lowest BCUT2D eigenvalue weighted by molar-refractivity contribution is 0.0687. The van der Waals surface area contributed by atoms with Crippen molar-refractivity contribution >= 4 is 38.3 Å². The molecule has 112 valence electrons. The normalized spacial score (nSPS) is 11.7. The monoisotopic (exact) mass is 335 g/mol. The number of sulfone groups is 1. The average molecular weight is 336 g/mol. The van der Waals surface area contributed by atoms with E-state index in [1.54, 1.807) is 30.3 Å². The van der Waals surface area contributed by atoms with Crippen molar-refractivity contribution in [2.24, 2.45) is 0 Å². The molecule has 5 nitrogen and oxygen atoms in total. The first kappa shape index (κ1) is 14.6. The third-order valence-corrected chi connectivity index (χ3v) is 5.34. The van der Waals surface area contributed by atoms with Gasteiger partial charge in [0.2, 0.25) is 9.84 Å². The van der Waals surface area contributed by atoms with Crippen molar-refractivity contribution in [2.45, 2.75) is 9.79 Å². The number of aromatic nitrogens is 1. The van der Waals surface area contributed by atoms with Gasteiger partial charge >= 0.3 is 5.97 Å². The van der Waals surface area contributed by atoms with Crippen LogP contribution in [0.3, 0.4) is 0 Å². The van der Waals surface area contributed by atoms with Crippen molar-refractivity contribution < 1.29 is 18.3 Å². The highest BCUT2D eigenvalue weighted by molar-refractivity contribution is 7.91. The van der Waals surface area contributed by atoms with Gasteiger partial charge in [-0.25, -0.2) is 13.2 Å². The Hall–Kier alpha value is -2.31. The van der Waals surface area contributed by atoms with Crippen LogP contribution in [0.5, 0.6) is 0 Å². The van der Waals surface area contributed by atoms with Crippen molar-refractivity contribution in [3.63, 3.8) is 0 Å². The Labute approximate surface area is 131 Å². The summed E-state index contributed by atoms with van der Waals surface area (Å²) >= 11 is 5.92. The average Bonchev–Trinajstić information content (AvgIpc) is 2.87. The third kappa shape index (κ3) is 2.26. The number of carboxylic acid groups (broad SMARTS) is 1. The second-order valence-corrected chi connectivity index (χ2v) is 6.96. The zero-order valence-corrected chi connectivity index (χ0v) is 12.6. The van der Waals surface area contributed by atoms with Crippen molar-refractivity contribution in [2.75, 3.05) is 0 Å². The number of benzene rings is 2. The molecule has 0 atom stereocenters. The number of aromatic amines is 1. The van der Waals surface area contributed by atoms with E-state index in [4.69, 9.17) is 11.6 Å². The van der Waals surface area contributed by atoms with E-state index in [0.29, 0.717) is 10.5 Å². The Morgan fingerprint density at radius 2 is 1.77 bits per heavy atom. The van der Waals surface area contributed by atoms with Crippen molar-refractivity contribution in [3.05, 3.63) is 59.2 Å². The number of nitrogens with one attached hydrogen (secondary N) is 1. The Kier molecular flexibility index (Phi) is 3.42. The molecule has 0 radical (unpaired) electrons. The van der Waals surface area contributed by atoms with Crippen LogP contribution in [0.2, 0.25) is 5.02 Å². The van der Waals surface area contributed by atoms with Crippen molar-refractivity contribution in [3.8, 4) is 0 Å². The van der Waals surface area contributed by atoms with Crippen LogP contribution in [0.4, 0.5) is 0 Å². The molecule has 2 N–H and O–H groups in total. The zero-order chi connectivity index (χ0) is 15.9. The van der Waals surface area contributed by atoms with Crippen LogP contribution in [0.15, 0.2) is 58.3 Å². The summed E-state index contributed by atoms with van der Waals surface area (Å²) in [4.78, 5) is 13.8. The fourth-order valence-corrected chi connectivity index (χ4v) is 4.08. The molecule has 0 saturated heterocycles. The van der Waals surface area contributed by atoms with Gasteiger partial charge in [-0.05, 0) is 30.3 Å². The summed E-state index contributed by atoms with van der Waals surface area (Å²) in [5.74, 6) is -1.35. The van der Waals surface area contributed by atoms with Gasteiger partial charge in [0.25, 0.3) is 0 Å². The number of hydrogen-bond donors (Lipinski definition) is 2. The fraction of sp³-hybridized carbons (Fsp3) is 0. The van der Waals surface area contributed by atoms with E-state index in [1.807, 2.05) is 0 Å². The number of fused-ring (bicyclic) bond motifs is 1. The maximum absolute atomic E-state index is 12.8. The summed E-state index contributed by atoms with van der Waals surface area (Å²) < 4.78 is 25.6. The minimum Gasteiger partial charge on any atom is -0.477 e. The lowest BCUT2D eigenvalue weighted by Gasteiger charge is -2.05. The highest BCUT2D eigenvalue weighted by atomic mass is 35.5. The fourth-order valence-electron chi connectivity index (χ4n) is 2.29. The van der Waals surface area contributed by atoms with Crippen LogP contribution in [0.25, 0.3) is 10.9 Å². The first-order valence-electron chi connectivity index (χ1n) is 6.26. The second kappa shape index (κ2) is 5.15. The zero-order valence-electron chi connectivity index (χ0n) is 11.1. The molecule has 7 heteroatoms. The van der Waals surface area contributed by atoms with Gasteiger partial charge in [0.1, 0.15) is 10.6 Å². The summed E-state index contributed by atoms with van der Waals surface area (Å²) in [5, 5.41) is 9.90. The molecule has 0 aliphatic rings. The summed E-state index contributed by atoms with van der Waals surface area (Å²) in [7, 11) is -3.99. The standard InChI is InChI=1S/C15H10ClNO4S/c16-9-6-7-12-11(8-9)14(13(17-12)15(18)19)22(20,21)10-4-2-1-3-5-10/h1-8,17H,(H,18,19). The molecule has 0 amide bonds. The highest BCUT2D eigenvalue weighted by Gasteiger charge is 2.29. The quantitative estimate of drug-likeness (QED) is 0.768. The number of aromatic carboxylic acids is 1. The van der Waals surface area contributed by atoms with Crippen LogP contribution in [0.1, 0.15) is 10.5 Å². The van der Waals surface area contributed by atoms with Crippen LogP contribution in [0, 0.1) is 0 Å². The van der Waals surface area contributed by atoms with Gasteiger partial charge in [0.15, 0.2) is 0 Å². The number of carbonyl (C=O) groups is 1. The van der Waals surface area contributed by atoms with Gasteiger partial charge in [0.05, 0.1) is 4.90 Å². The van der Waals surface area contributed by atoms with E-state index in [9.17, 15) is 18.3 Å². The maximum Gasteiger partial charge on any atom is 0.353 e. The van der Waals surface area contributed by atoms with Gasteiger partial charge in [-0.3, -0.25) is 0 Å². The molecule has 1 heterocycles. The molecule has 0 unspecified atom stereocenters. The largest absolute Gasteiger partial charge is 0.477 e. The van der Waals surface area contributed by atoms with E-state index < -0.39 is 15.8 Å². The van der Waals surface area contributed by atoms with Gasteiger partial charge < -0.3 is 10.1 Å². The minimum atomic E-state index is -3.99. The summed E-state index contributed by atoms with van der Waals surface area (Å²) in [6, 6.07) is 12.2. The van der Waals surface area contributed by atoms with E-state index in [2.05, 4.69) is 4.98 Å². The molecule has 0 aliphatic heterocycles. The Morgan fingerprint density at radius 1 is 1.09 bits per heavy atom. The summed E-state index contributed by atoms with van der Waals surface area (Å²) in [6.45, 7) is 0. The lowest BCUT2D eigenvalue weighted by atomic mass is 10.2. The van der Waals surface area contributed by atoms with Gasteiger partial charge in [-0.1, -0.05) is 29.8 Å². The first-order valence-corrected chi connectivity index (χ1v) is 8.12. The van der Waals surface area contributed by atoms with E-state index in [0.717, 1.165) is 0 Å². The predicted octanol–water partition coefficient (Wildman–Crippen LogP) is 3.35. The Balaban J connectivity index is 2.41. The van der Waals surface area contributed by atoms with Crippen molar-refractivity contribution in [1.82, 2.24) is 4.98 Å². The summed E-state index contributed by atoms with van der Waals surface area (Å²) in [5.41, 5.74) is 0.0254. The number of rotatable bonds is 3. The SMILES string of the molecule is O=C(O)c1[nH]c2ccc(Cl)cc2c1S(=O)(=O)c1ccccc1. The molecule has 0 fully saturated rings. The highest BCUT2D eigenvalue weighted by Crippen LogP contribution is 2.33. The first-order chi connectivity index (χ1) is 10.4. The van der Waals surface area contributed by atoms with Gasteiger partial charge in [-0.2, -0.15) is 0 Å². The Morgan fingerprint density at radius 3 is 2.41 bits per heavy atom. The number of H-pyrrole nitrogens is 1. The lowest BCUT2D eigenvalue weighted by Crippen LogP contribution is -2.08. The number of hydrogen-bond acceptors (Lipinski definition) is 3. The third-order valence-electron chi connectivity index (χ3n) is 3.25. The van der Waals surface area contributed by atoms with Gasteiger partial charge in [0, 0.05) is 15.9 Å². The van der Waals surface area contributed by atoms with Crippen LogP contribution in [-0.2, 0) is 9.84 Å². The van der Waals surface area contributed by atoms with Crippen LogP contribution in [-0.4, -0.2) is 24.5 Å². The molecule has 0 spiro atoms. The number of carboxylic acids is 1. The van der Waals surface area contributed by atoms with E-state index in [1.165, 1.54) is 18.2 Å². The van der Waals surface area contributed by atoms with Crippen LogP contribution >= 0.6 is 11.6 Å². The number of halogens is 1. The predicted molar refractivity (Wildman–Crippen MR) is 82.2 cm³/mol. The van der Waals surface area contributed by atoms with Crippen molar-refractivity contribution in [1.29, 1.82) is 0 Å². The molecule has 3 rings (SSSR count). The van der Waals surface area contributed by atoms with Gasteiger partial charge in [-0.15, -0.1) is 0 Å². The molecule has 2 aromatic carbocycles. The van der Waals surface area contributed by atoms with Crippen LogP contribution < -0.4 is 0 Å². The second-order valence-electron chi connectivity index (χ2n) is 4.64. The maximum atomic E-state index is 12.8. The molecule has 0 saturated carbocycles.